The summed E-state index contributed by atoms with van der Waals surface area (Å²) in [6.07, 6.45) is 0. The Morgan fingerprint density at radius 2 is 1.80 bits per heavy atom. The molecule has 0 amide bonds. The molecule has 2 nitrogen and oxygen atoms in total. The minimum absolute atomic E-state index is 0.00162. The predicted molar refractivity (Wildman–Crippen MR) is 54.4 cm³/mol. The van der Waals surface area contributed by atoms with Crippen LogP contribution >= 0.6 is 0 Å². The van der Waals surface area contributed by atoms with Crippen molar-refractivity contribution in [2.75, 3.05) is 6.54 Å². The lowest BCUT2D eigenvalue weighted by atomic mass is 10.1. The number of rotatable bonds is 4. The highest BCUT2D eigenvalue weighted by molar-refractivity contribution is 5.19. The van der Waals surface area contributed by atoms with Crippen molar-refractivity contribution in [3.05, 3.63) is 35.4 Å². The number of hydrogen-bond acceptors (Lipinski definition) is 2. The summed E-state index contributed by atoms with van der Waals surface area (Å²) in [5.41, 5.74) is -0.886. The SMILES string of the molecule is CC(C)(O)CNCc1c(F)cccc1F. The van der Waals surface area contributed by atoms with Crippen LogP contribution in [0, 0.1) is 11.6 Å². The highest BCUT2D eigenvalue weighted by Gasteiger charge is 2.13. The van der Waals surface area contributed by atoms with Crippen molar-refractivity contribution >= 4 is 0 Å². The Hall–Kier alpha value is -1.00. The summed E-state index contributed by atoms with van der Waals surface area (Å²) in [5.74, 6) is -1.14. The highest BCUT2D eigenvalue weighted by atomic mass is 19.1. The monoisotopic (exact) mass is 215 g/mol. The molecule has 0 atom stereocenters. The van der Waals surface area contributed by atoms with Crippen LogP contribution in [0.4, 0.5) is 8.78 Å². The van der Waals surface area contributed by atoms with Crippen molar-refractivity contribution in [3.8, 4) is 0 Å². The third-order valence-corrected chi connectivity index (χ3v) is 1.92. The largest absolute Gasteiger partial charge is 0.389 e. The van der Waals surface area contributed by atoms with Crippen LogP contribution < -0.4 is 5.32 Å². The zero-order chi connectivity index (χ0) is 11.5. The van der Waals surface area contributed by atoms with E-state index in [1.807, 2.05) is 0 Å². The quantitative estimate of drug-likeness (QED) is 0.803. The Bertz CT molecular complexity index is 314. The third-order valence-electron chi connectivity index (χ3n) is 1.92. The maximum Gasteiger partial charge on any atom is 0.130 e. The Balaban J connectivity index is 2.58. The summed E-state index contributed by atoms with van der Waals surface area (Å²) in [5, 5.41) is 12.2. The molecule has 0 spiro atoms. The topological polar surface area (TPSA) is 32.3 Å². The number of nitrogens with one attached hydrogen (secondary N) is 1. The molecule has 0 radical (unpaired) electrons. The molecule has 0 fully saturated rings. The van der Waals surface area contributed by atoms with Crippen LogP contribution in [0.25, 0.3) is 0 Å². The van der Waals surface area contributed by atoms with Gasteiger partial charge in [0.1, 0.15) is 11.6 Å². The molecule has 0 aliphatic rings. The van der Waals surface area contributed by atoms with Crippen LogP contribution in [0.15, 0.2) is 18.2 Å². The number of halogens is 2. The molecule has 0 aromatic heterocycles. The number of aliphatic hydroxyl groups is 1. The van der Waals surface area contributed by atoms with Crippen molar-refractivity contribution in [2.45, 2.75) is 26.0 Å². The molecular weight excluding hydrogens is 200 g/mol. The van der Waals surface area contributed by atoms with E-state index in [1.54, 1.807) is 13.8 Å². The van der Waals surface area contributed by atoms with Gasteiger partial charge in [0.25, 0.3) is 0 Å². The van der Waals surface area contributed by atoms with Gasteiger partial charge in [-0.3, -0.25) is 0 Å². The maximum atomic E-state index is 13.1. The lowest BCUT2D eigenvalue weighted by Gasteiger charge is -2.17. The van der Waals surface area contributed by atoms with Crippen molar-refractivity contribution in [1.29, 1.82) is 0 Å². The lowest BCUT2D eigenvalue weighted by molar-refractivity contribution is 0.0793. The molecule has 1 aromatic carbocycles. The van der Waals surface area contributed by atoms with E-state index < -0.39 is 17.2 Å². The summed E-state index contributed by atoms with van der Waals surface area (Å²) in [7, 11) is 0. The first-order valence-corrected chi connectivity index (χ1v) is 4.76. The lowest BCUT2D eigenvalue weighted by Crippen LogP contribution is -2.34. The van der Waals surface area contributed by atoms with Crippen LogP contribution in [-0.2, 0) is 6.54 Å². The number of benzene rings is 1. The molecule has 0 unspecified atom stereocenters. The van der Waals surface area contributed by atoms with E-state index in [0.717, 1.165) is 0 Å². The van der Waals surface area contributed by atoms with E-state index in [2.05, 4.69) is 5.32 Å². The predicted octanol–water partition coefficient (Wildman–Crippen LogP) is 1.83. The van der Waals surface area contributed by atoms with Gasteiger partial charge in [0.05, 0.1) is 5.60 Å². The van der Waals surface area contributed by atoms with Crippen molar-refractivity contribution in [2.24, 2.45) is 0 Å². The Kier molecular flexibility index (Phi) is 3.77. The summed E-state index contributed by atoms with van der Waals surface area (Å²) in [4.78, 5) is 0. The van der Waals surface area contributed by atoms with Gasteiger partial charge in [0.2, 0.25) is 0 Å². The zero-order valence-electron chi connectivity index (χ0n) is 8.85. The fraction of sp³-hybridized carbons (Fsp3) is 0.455. The molecule has 0 saturated carbocycles. The average Bonchev–Trinajstić information content (AvgIpc) is 2.08. The smallest absolute Gasteiger partial charge is 0.130 e. The van der Waals surface area contributed by atoms with E-state index in [1.165, 1.54) is 18.2 Å². The summed E-state index contributed by atoms with van der Waals surface area (Å²) in [6.45, 7) is 3.60. The fourth-order valence-corrected chi connectivity index (χ4v) is 1.19. The molecule has 0 bridgehead atoms. The summed E-state index contributed by atoms with van der Waals surface area (Å²) in [6, 6.07) is 3.75. The second kappa shape index (κ2) is 4.68. The molecule has 1 aromatic rings. The van der Waals surface area contributed by atoms with Crippen LogP contribution in [0.5, 0.6) is 0 Å². The van der Waals surface area contributed by atoms with E-state index >= 15 is 0 Å². The second-order valence-corrected chi connectivity index (χ2v) is 4.12. The van der Waals surface area contributed by atoms with Gasteiger partial charge in [-0.15, -0.1) is 0 Å². The molecule has 1 rings (SSSR count). The van der Waals surface area contributed by atoms with Gasteiger partial charge in [-0.1, -0.05) is 6.07 Å². The van der Waals surface area contributed by atoms with Crippen LogP contribution in [-0.4, -0.2) is 17.3 Å². The van der Waals surface area contributed by atoms with E-state index in [0.29, 0.717) is 0 Å². The molecule has 0 aliphatic carbocycles. The molecule has 0 aliphatic heterocycles. The Morgan fingerprint density at radius 3 is 2.27 bits per heavy atom. The minimum atomic E-state index is -0.887. The Morgan fingerprint density at radius 1 is 1.27 bits per heavy atom. The van der Waals surface area contributed by atoms with E-state index in [-0.39, 0.29) is 18.7 Å². The van der Waals surface area contributed by atoms with Gasteiger partial charge in [0, 0.05) is 18.7 Å². The molecule has 4 heteroatoms. The summed E-state index contributed by atoms with van der Waals surface area (Å²) >= 11 is 0. The first-order valence-electron chi connectivity index (χ1n) is 4.76. The van der Waals surface area contributed by atoms with Gasteiger partial charge in [-0.05, 0) is 26.0 Å². The average molecular weight is 215 g/mol. The molecule has 0 heterocycles. The van der Waals surface area contributed by atoms with Crippen molar-refractivity contribution in [1.82, 2.24) is 5.32 Å². The van der Waals surface area contributed by atoms with Gasteiger partial charge in [-0.2, -0.15) is 0 Å². The van der Waals surface area contributed by atoms with Crippen molar-refractivity contribution < 1.29 is 13.9 Å². The molecule has 15 heavy (non-hydrogen) atoms. The molecule has 0 saturated heterocycles. The van der Waals surface area contributed by atoms with Crippen LogP contribution in [0.3, 0.4) is 0 Å². The van der Waals surface area contributed by atoms with Gasteiger partial charge in [0.15, 0.2) is 0 Å². The minimum Gasteiger partial charge on any atom is -0.389 e. The van der Waals surface area contributed by atoms with Gasteiger partial charge >= 0.3 is 0 Å². The van der Waals surface area contributed by atoms with Crippen LogP contribution in [0.2, 0.25) is 0 Å². The van der Waals surface area contributed by atoms with Crippen LogP contribution in [0.1, 0.15) is 19.4 Å². The maximum absolute atomic E-state index is 13.1. The molecule has 2 N–H and O–H groups in total. The molecule has 84 valence electrons. The first-order chi connectivity index (χ1) is 6.90. The summed E-state index contributed by atoms with van der Waals surface area (Å²) < 4.78 is 26.3. The zero-order valence-corrected chi connectivity index (χ0v) is 8.85. The van der Waals surface area contributed by atoms with Gasteiger partial charge < -0.3 is 10.4 Å². The van der Waals surface area contributed by atoms with E-state index in [4.69, 9.17) is 0 Å². The van der Waals surface area contributed by atoms with Gasteiger partial charge in [-0.25, -0.2) is 8.78 Å². The highest BCUT2D eigenvalue weighted by Crippen LogP contribution is 2.11. The molecular formula is C11H15F2NO. The number of hydrogen-bond donors (Lipinski definition) is 2. The van der Waals surface area contributed by atoms with Crippen molar-refractivity contribution in [3.63, 3.8) is 0 Å². The third kappa shape index (κ3) is 3.93. The first kappa shape index (κ1) is 12.1. The standard InChI is InChI=1S/C11H15F2NO/c1-11(2,15)7-14-6-8-9(12)4-3-5-10(8)13/h3-5,14-15H,6-7H2,1-2H3. The fourth-order valence-electron chi connectivity index (χ4n) is 1.19. The van der Waals surface area contributed by atoms with E-state index in [9.17, 15) is 13.9 Å². The second-order valence-electron chi connectivity index (χ2n) is 4.12. The Labute approximate surface area is 87.9 Å². The normalized spacial score (nSPS) is 11.8.